The Hall–Kier alpha value is -1.95. The van der Waals surface area contributed by atoms with Crippen LogP contribution >= 0.6 is 0 Å². The van der Waals surface area contributed by atoms with E-state index in [1.54, 1.807) is 19.9 Å². The molecule has 200 valence electrons. The van der Waals surface area contributed by atoms with E-state index in [4.69, 9.17) is 4.74 Å². The van der Waals surface area contributed by atoms with Gasteiger partial charge < -0.3 is 20.1 Å². The van der Waals surface area contributed by atoms with E-state index in [1.165, 1.54) is 5.57 Å². The van der Waals surface area contributed by atoms with Gasteiger partial charge >= 0.3 is 5.97 Å². The summed E-state index contributed by atoms with van der Waals surface area (Å²) in [4.78, 5) is 12.4. The molecule has 3 fully saturated rings. The Labute approximate surface area is 217 Å². The lowest BCUT2D eigenvalue weighted by molar-refractivity contribution is -0.158. The average molecular weight is 499 g/mol. The van der Waals surface area contributed by atoms with Crippen molar-refractivity contribution in [3.63, 3.8) is 0 Å². The van der Waals surface area contributed by atoms with Gasteiger partial charge in [-0.15, -0.1) is 0 Å². The minimum atomic E-state index is -1.02. The SMILES string of the molecule is C=C(/C=C/[C@H](O)C(C)(C)C(=O)OCCC)[C@H]1CC[C@H]2/C(=C/C=C3/C[C@@H](O)C[C@H](O)C3=C)CCC[C@]12C. The zero-order valence-corrected chi connectivity index (χ0v) is 22.6. The van der Waals surface area contributed by atoms with Crippen molar-refractivity contribution in [3.05, 3.63) is 59.8 Å². The van der Waals surface area contributed by atoms with Crippen molar-refractivity contribution in [3.8, 4) is 0 Å². The second-order valence-electron chi connectivity index (χ2n) is 11.8. The van der Waals surface area contributed by atoms with Crippen molar-refractivity contribution in [2.24, 2.45) is 22.7 Å². The molecule has 0 aromatic heterocycles. The first-order valence-corrected chi connectivity index (χ1v) is 13.6. The molecule has 0 aromatic rings. The van der Waals surface area contributed by atoms with Gasteiger partial charge in [0.25, 0.3) is 0 Å². The van der Waals surface area contributed by atoms with Gasteiger partial charge in [-0.05, 0) is 87.2 Å². The molecular weight excluding hydrogens is 452 g/mol. The number of carbonyl (C=O) groups excluding carboxylic acids is 1. The van der Waals surface area contributed by atoms with Gasteiger partial charge in [-0.1, -0.05) is 62.5 Å². The van der Waals surface area contributed by atoms with Crippen LogP contribution in [0, 0.1) is 22.7 Å². The Balaban J connectivity index is 1.72. The summed E-state index contributed by atoms with van der Waals surface area (Å²) in [6.07, 6.45) is 12.8. The molecule has 0 saturated heterocycles. The van der Waals surface area contributed by atoms with Crippen LogP contribution in [-0.2, 0) is 9.53 Å². The maximum Gasteiger partial charge on any atom is 0.314 e. The van der Waals surface area contributed by atoms with Crippen molar-refractivity contribution in [2.45, 2.75) is 97.4 Å². The molecular formula is C31H46O5. The highest BCUT2D eigenvalue weighted by Gasteiger charge is 2.49. The summed E-state index contributed by atoms with van der Waals surface area (Å²) in [5.74, 6) is 0.373. The third kappa shape index (κ3) is 5.95. The molecule has 3 rings (SSSR count). The number of aliphatic hydroxyl groups excluding tert-OH is 3. The number of aliphatic hydroxyl groups is 3. The zero-order valence-electron chi connectivity index (χ0n) is 22.6. The summed E-state index contributed by atoms with van der Waals surface area (Å²) < 4.78 is 5.27. The van der Waals surface area contributed by atoms with E-state index in [-0.39, 0.29) is 5.41 Å². The van der Waals surface area contributed by atoms with Gasteiger partial charge in [0.15, 0.2) is 0 Å². The lowest BCUT2D eigenvalue weighted by atomic mass is 9.62. The van der Waals surface area contributed by atoms with E-state index in [2.05, 4.69) is 32.2 Å². The summed E-state index contributed by atoms with van der Waals surface area (Å²) >= 11 is 0. The highest BCUT2D eigenvalue weighted by atomic mass is 16.5. The van der Waals surface area contributed by atoms with E-state index >= 15 is 0 Å². The number of hydrogen-bond acceptors (Lipinski definition) is 5. The third-order valence-electron chi connectivity index (χ3n) is 8.87. The standard InChI is InChI=1S/C31H46O5/c1-7-17-36-29(35)30(4,5)28(34)15-10-20(2)25-13-14-26-22(9-8-16-31(25,26)6)11-12-23-18-24(32)19-27(33)21(23)3/h10-12,15,24-28,32-34H,2-3,7-9,13-14,16-19H2,1,4-6H3/b15-10+,22-11+,23-12-/t24-,25-,26+,27+,28+,31-/m1/s1. The van der Waals surface area contributed by atoms with Gasteiger partial charge in [-0.3, -0.25) is 4.79 Å². The van der Waals surface area contributed by atoms with E-state index in [0.29, 0.717) is 31.3 Å². The van der Waals surface area contributed by atoms with Crippen LogP contribution < -0.4 is 0 Å². The first-order chi connectivity index (χ1) is 16.9. The van der Waals surface area contributed by atoms with Crippen LogP contribution in [0.4, 0.5) is 0 Å². The molecule has 0 bridgehead atoms. The van der Waals surface area contributed by atoms with Gasteiger partial charge in [-0.2, -0.15) is 0 Å². The van der Waals surface area contributed by atoms with Crippen LogP contribution in [0.3, 0.4) is 0 Å². The molecule has 0 unspecified atom stereocenters. The molecule has 3 aliphatic carbocycles. The molecule has 3 saturated carbocycles. The smallest absolute Gasteiger partial charge is 0.314 e. The Bertz CT molecular complexity index is 939. The maximum atomic E-state index is 12.4. The largest absolute Gasteiger partial charge is 0.465 e. The molecule has 0 heterocycles. The molecule has 3 aliphatic rings. The van der Waals surface area contributed by atoms with E-state index < -0.39 is 29.7 Å². The number of carbonyl (C=O) groups is 1. The average Bonchev–Trinajstić information content (AvgIpc) is 3.19. The summed E-state index contributed by atoms with van der Waals surface area (Å²) in [5.41, 5.74) is 3.16. The summed E-state index contributed by atoms with van der Waals surface area (Å²) in [6, 6.07) is 0. The normalized spacial score (nSPS) is 34.2. The second kappa shape index (κ2) is 11.6. The van der Waals surface area contributed by atoms with Crippen LogP contribution in [0.5, 0.6) is 0 Å². The molecule has 6 atom stereocenters. The van der Waals surface area contributed by atoms with Crippen LogP contribution in [0.25, 0.3) is 0 Å². The topological polar surface area (TPSA) is 87.0 Å². The monoisotopic (exact) mass is 498 g/mol. The number of ether oxygens (including phenoxy) is 1. The fourth-order valence-corrected chi connectivity index (χ4v) is 6.39. The Morgan fingerprint density at radius 2 is 2.00 bits per heavy atom. The lowest BCUT2D eigenvalue weighted by Gasteiger charge is -2.42. The predicted molar refractivity (Wildman–Crippen MR) is 144 cm³/mol. The molecule has 0 radical (unpaired) electrons. The van der Waals surface area contributed by atoms with Crippen molar-refractivity contribution in [2.75, 3.05) is 6.61 Å². The summed E-state index contributed by atoms with van der Waals surface area (Å²) in [6.45, 7) is 16.5. The molecule has 36 heavy (non-hydrogen) atoms. The molecule has 0 spiro atoms. The van der Waals surface area contributed by atoms with Crippen molar-refractivity contribution >= 4 is 5.97 Å². The van der Waals surface area contributed by atoms with Gasteiger partial charge in [-0.25, -0.2) is 0 Å². The Morgan fingerprint density at radius 1 is 1.28 bits per heavy atom. The highest BCUT2D eigenvalue weighted by molar-refractivity contribution is 5.77. The zero-order chi connectivity index (χ0) is 26.7. The first kappa shape index (κ1) is 28.6. The van der Waals surface area contributed by atoms with Crippen LogP contribution in [0.2, 0.25) is 0 Å². The summed E-state index contributed by atoms with van der Waals surface area (Å²) in [5, 5.41) is 31.0. The van der Waals surface area contributed by atoms with Crippen molar-refractivity contribution in [1.82, 2.24) is 0 Å². The van der Waals surface area contributed by atoms with Gasteiger partial charge in [0.05, 0.1) is 30.3 Å². The number of hydrogen-bond donors (Lipinski definition) is 3. The molecule has 0 amide bonds. The van der Waals surface area contributed by atoms with Crippen LogP contribution in [0.1, 0.15) is 79.1 Å². The molecule has 0 aliphatic heterocycles. The quantitative estimate of drug-likeness (QED) is 0.300. The minimum Gasteiger partial charge on any atom is -0.465 e. The second-order valence-corrected chi connectivity index (χ2v) is 11.8. The van der Waals surface area contributed by atoms with Gasteiger partial charge in [0, 0.05) is 6.42 Å². The molecule has 5 heteroatoms. The summed E-state index contributed by atoms with van der Waals surface area (Å²) in [7, 11) is 0. The maximum absolute atomic E-state index is 12.4. The van der Waals surface area contributed by atoms with E-state index in [0.717, 1.165) is 55.2 Å². The minimum absolute atomic E-state index is 0.0904. The number of esters is 1. The van der Waals surface area contributed by atoms with E-state index in [9.17, 15) is 20.1 Å². The fourth-order valence-electron chi connectivity index (χ4n) is 6.39. The first-order valence-electron chi connectivity index (χ1n) is 13.6. The Morgan fingerprint density at radius 3 is 2.69 bits per heavy atom. The lowest BCUT2D eigenvalue weighted by Crippen LogP contribution is -2.37. The van der Waals surface area contributed by atoms with Gasteiger partial charge in [0.1, 0.15) is 0 Å². The van der Waals surface area contributed by atoms with Crippen molar-refractivity contribution in [1.29, 1.82) is 0 Å². The predicted octanol–water partition coefficient (Wildman–Crippen LogP) is 5.58. The third-order valence-corrected chi connectivity index (χ3v) is 8.87. The van der Waals surface area contributed by atoms with Crippen LogP contribution in [0.15, 0.2) is 59.8 Å². The fraction of sp³-hybridized carbons (Fsp3) is 0.645. The van der Waals surface area contributed by atoms with Crippen molar-refractivity contribution < 1.29 is 24.9 Å². The molecule has 0 aromatic carbocycles. The molecule has 5 nitrogen and oxygen atoms in total. The van der Waals surface area contributed by atoms with Gasteiger partial charge in [0.2, 0.25) is 0 Å². The number of rotatable bonds is 8. The highest BCUT2D eigenvalue weighted by Crippen LogP contribution is 2.59. The number of allylic oxidation sites excluding steroid dienone is 5. The van der Waals surface area contributed by atoms with E-state index in [1.807, 2.05) is 13.0 Å². The van der Waals surface area contributed by atoms with Crippen LogP contribution in [-0.4, -0.2) is 46.2 Å². The molecule has 3 N–H and O–H groups in total. The number of fused-ring (bicyclic) bond motifs is 1. The Kier molecular flexibility index (Phi) is 9.24.